The summed E-state index contributed by atoms with van der Waals surface area (Å²) in [5, 5.41) is 8.12. The minimum Gasteiger partial charge on any atom is -0.382 e. The summed E-state index contributed by atoms with van der Waals surface area (Å²) in [6.45, 7) is 3.89. The molecule has 0 bridgehead atoms. The first-order valence-corrected chi connectivity index (χ1v) is 7.49. The Labute approximate surface area is 128 Å². The predicted molar refractivity (Wildman–Crippen MR) is 87.9 cm³/mol. The van der Waals surface area contributed by atoms with Crippen molar-refractivity contribution < 1.29 is 0 Å². The molecule has 3 aromatic rings. The topological polar surface area (TPSA) is 71.5 Å². The van der Waals surface area contributed by atoms with E-state index in [1.807, 2.05) is 47.0 Å². The van der Waals surface area contributed by atoms with E-state index in [0.29, 0.717) is 5.82 Å². The van der Waals surface area contributed by atoms with Crippen LogP contribution in [0.1, 0.15) is 0 Å². The maximum Gasteiger partial charge on any atom is 0.156 e. The van der Waals surface area contributed by atoms with E-state index in [1.54, 1.807) is 0 Å². The van der Waals surface area contributed by atoms with Crippen molar-refractivity contribution in [2.75, 3.05) is 36.8 Å². The Bertz CT molecular complexity index is 789. The number of aromatic nitrogens is 3. The third-order valence-corrected chi connectivity index (χ3v) is 3.98. The van der Waals surface area contributed by atoms with Gasteiger partial charge in [-0.1, -0.05) is 30.3 Å². The standard InChI is InChI=1S/C16H18N6/c17-16-15(12-4-2-1-3-5-12)22-13(19-16)6-7-14(20-22)21-10-8-18-9-11-21/h1-7,18H,8-11,17H2. The third-order valence-electron chi connectivity index (χ3n) is 3.98. The summed E-state index contributed by atoms with van der Waals surface area (Å²) in [6.07, 6.45) is 0. The average molecular weight is 294 g/mol. The fourth-order valence-corrected chi connectivity index (χ4v) is 2.87. The number of imidazole rings is 1. The van der Waals surface area contributed by atoms with Gasteiger partial charge in [0.15, 0.2) is 11.5 Å². The van der Waals surface area contributed by atoms with E-state index in [4.69, 9.17) is 10.8 Å². The Kier molecular flexibility index (Phi) is 3.16. The van der Waals surface area contributed by atoms with Gasteiger partial charge in [0.1, 0.15) is 11.5 Å². The maximum absolute atomic E-state index is 6.12. The van der Waals surface area contributed by atoms with Gasteiger partial charge in [0.25, 0.3) is 0 Å². The third kappa shape index (κ3) is 2.17. The molecule has 2 aromatic heterocycles. The summed E-state index contributed by atoms with van der Waals surface area (Å²) in [4.78, 5) is 6.70. The fraction of sp³-hybridized carbons (Fsp3) is 0.250. The second-order valence-corrected chi connectivity index (χ2v) is 5.41. The maximum atomic E-state index is 6.12. The molecule has 112 valence electrons. The number of piperazine rings is 1. The Balaban J connectivity index is 1.84. The zero-order chi connectivity index (χ0) is 14.9. The molecule has 0 unspecified atom stereocenters. The van der Waals surface area contributed by atoms with Crippen LogP contribution in [0.4, 0.5) is 11.6 Å². The first-order chi connectivity index (χ1) is 10.8. The number of hydrogen-bond acceptors (Lipinski definition) is 5. The van der Waals surface area contributed by atoms with E-state index in [9.17, 15) is 0 Å². The first-order valence-electron chi connectivity index (χ1n) is 7.49. The second kappa shape index (κ2) is 5.31. The SMILES string of the molecule is Nc1nc2ccc(N3CCNCC3)nn2c1-c1ccccc1. The highest BCUT2D eigenvalue weighted by atomic mass is 15.3. The molecule has 0 saturated carbocycles. The van der Waals surface area contributed by atoms with E-state index < -0.39 is 0 Å². The summed E-state index contributed by atoms with van der Waals surface area (Å²) in [7, 11) is 0. The lowest BCUT2D eigenvalue weighted by atomic mass is 10.1. The molecule has 6 heteroatoms. The molecule has 0 spiro atoms. The fourth-order valence-electron chi connectivity index (χ4n) is 2.87. The summed E-state index contributed by atoms with van der Waals surface area (Å²) in [5.41, 5.74) is 8.77. The molecule has 1 aliphatic heterocycles. The summed E-state index contributed by atoms with van der Waals surface area (Å²) in [6, 6.07) is 14.0. The number of nitrogens with zero attached hydrogens (tertiary/aromatic N) is 4. The number of fused-ring (bicyclic) bond motifs is 1. The molecule has 1 saturated heterocycles. The van der Waals surface area contributed by atoms with E-state index in [2.05, 4.69) is 15.2 Å². The van der Waals surface area contributed by atoms with E-state index in [-0.39, 0.29) is 0 Å². The van der Waals surface area contributed by atoms with Gasteiger partial charge in [-0.2, -0.15) is 0 Å². The highest BCUT2D eigenvalue weighted by Gasteiger charge is 2.16. The van der Waals surface area contributed by atoms with Gasteiger partial charge in [0.05, 0.1) is 0 Å². The van der Waals surface area contributed by atoms with Gasteiger partial charge < -0.3 is 16.0 Å². The summed E-state index contributed by atoms with van der Waals surface area (Å²) >= 11 is 0. The minimum atomic E-state index is 0.510. The molecule has 1 aliphatic rings. The number of nitrogens with two attached hydrogens (primary N) is 1. The number of nitrogens with one attached hydrogen (secondary N) is 1. The van der Waals surface area contributed by atoms with Crippen molar-refractivity contribution in [3.63, 3.8) is 0 Å². The summed E-state index contributed by atoms with van der Waals surface area (Å²) in [5.74, 6) is 1.47. The van der Waals surface area contributed by atoms with Crippen molar-refractivity contribution in [3.8, 4) is 11.3 Å². The molecule has 6 nitrogen and oxygen atoms in total. The lowest BCUT2D eigenvalue weighted by Gasteiger charge is -2.28. The molecule has 1 fully saturated rings. The van der Waals surface area contributed by atoms with Crippen LogP contribution in [0.3, 0.4) is 0 Å². The molecule has 0 atom stereocenters. The average Bonchev–Trinajstić information content (AvgIpc) is 2.91. The number of rotatable bonds is 2. The van der Waals surface area contributed by atoms with Crippen LogP contribution in [-0.2, 0) is 0 Å². The molecule has 22 heavy (non-hydrogen) atoms. The van der Waals surface area contributed by atoms with Gasteiger partial charge in [-0.05, 0) is 12.1 Å². The van der Waals surface area contributed by atoms with Crippen LogP contribution in [0.2, 0.25) is 0 Å². The Hall–Kier alpha value is -2.60. The van der Waals surface area contributed by atoms with E-state index >= 15 is 0 Å². The van der Waals surface area contributed by atoms with Gasteiger partial charge in [-0.15, -0.1) is 5.10 Å². The largest absolute Gasteiger partial charge is 0.382 e. The van der Waals surface area contributed by atoms with Gasteiger partial charge in [0.2, 0.25) is 0 Å². The van der Waals surface area contributed by atoms with E-state index in [0.717, 1.165) is 48.9 Å². The van der Waals surface area contributed by atoms with Crippen LogP contribution in [0.5, 0.6) is 0 Å². The van der Waals surface area contributed by atoms with Crippen LogP contribution >= 0.6 is 0 Å². The van der Waals surface area contributed by atoms with Crippen molar-refractivity contribution >= 4 is 17.3 Å². The van der Waals surface area contributed by atoms with Gasteiger partial charge >= 0.3 is 0 Å². The summed E-state index contributed by atoms with van der Waals surface area (Å²) < 4.78 is 1.85. The molecule has 0 aliphatic carbocycles. The molecule has 3 N–H and O–H groups in total. The number of anilines is 2. The van der Waals surface area contributed by atoms with Crippen LogP contribution < -0.4 is 16.0 Å². The second-order valence-electron chi connectivity index (χ2n) is 5.41. The van der Waals surface area contributed by atoms with Crippen molar-refractivity contribution in [3.05, 3.63) is 42.5 Å². The molecule has 0 radical (unpaired) electrons. The molecular weight excluding hydrogens is 276 g/mol. The predicted octanol–water partition coefficient (Wildman–Crippen LogP) is 1.39. The van der Waals surface area contributed by atoms with Crippen molar-refractivity contribution in [2.45, 2.75) is 0 Å². The Morgan fingerprint density at radius 3 is 2.55 bits per heavy atom. The molecular formula is C16H18N6. The highest BCUT2D eigenvalue weighted by Crippen LogP contribution is 2.27. The number of benzene rings is 1. The van der Waals surface area contributed by atoms with Crippen molar-refractivity contribution in [2.24, 2.45) is 0 Å². The smallest absolute Gasteiger partial charge is 0.156 e. The lowest BCUT2D eigenvalue weighted by Crippen LogP contribution is -2.44. The molecule has 3 heterocycles. The molecule has 1 aromatic carbocycles. The highest BCUT2D eigenvalue weighted by molar-refractivity contribution is 5.74. The zero-order valence-corrected chi connectivity index (χ0v) is 12.2. The molecule has 0 amide bonds. The zero-order valence-electron chi connectivity index (χ0n) is 12.2. The normalized spacial score (nSPS) is 15.4. The molecule has 4 rings (SSSR count). The van der Waals surface area contributed by atoms with Crippen molar-refractivity contribution in [1.29, 1.82) is 0 Å². The van der Waals surface area contributed by atoms with Crippen LogP contribution in [-0.4, -0.2) is 40.8 Å². The van der Waals surface area contributed by atoms with Crippen molar-refractivity contribution in [1.82, 2.24) is 19.9 Å². The Morgan fingerprint density at radius 1 is 1.00 bits per heavy atom. The first kappa shape index (κ1) is 13.1. The van der Waals surface area contributed by atoms with Crippen LogP contribution in [0, 0.1) is 0 Å². The van der Waals surface area contributed by atoms with Gasteiger partial charge in [0, 0.05) is 31.7 Å². The number of hydrogen-bond donors (Lipinski definition) is 2. The quantitative estimate of drug-likeness (QED) is 0.747. The van der Waals surface area contributed by atoms with E-state index in [1.165, 1.54) is 0 Å². The van der Waals surface area contributed by atoms with Crippen LogP contribution in [0.15, 0.2) is 42.5 Å². The Morgan fingerprint density at radius 2 is 1.77 bits per heavy atom. The van der Waals surface area contributed by atoms with Gasteiger partial charge in [-0.3, -0.25) is 0 Å². The lowest BCUT2D eigenvalue weighted by molar-refractivity contribution is 0.582. The monoisotopic (exact) mass is 294 g/mol. The van der Waals surface area contributed by atoms with Gasteiger partial charge in [-0.25, -0.2) is 9.50 Å². The number of nitrogen functional groups attached to an aromatic ring is 1. The minimum absolute atomic E-state index is 0.510. The van der Waals surface area contributed by atoms with Crippen LogP contribution in [0.25, 0.3) is 16.9 Å².